The summed E-state index contributed by atoms with van der Waals surface area (Å²) < 4.78 is 5.54. The molecular weight excluding hydrogens is 276 g/mol. The van der Waals surface area contributed by atoms with Crippen molar-refractivity contribution in [2.24, 2.45) is 5.73 Å². The minimum absolute atomic E-state index is 0.0269. The SMILES string of the molecule is CCC(N)c1ccc2c(c1)N(Cc1ccccc1)C(=O)CO2. The zero-order valence-corrected chi connectivity index (χ0v) is 12.7. The van der Waals surface area contributed by atoms with E-state index < -0.39 is 0 Å². The van der Waals surface area contributed by atoms with Crippen LogP contribution in [0.1, 0.15) is 30.5 Å². The molecule has 1 unspecified atom stereocenters. The van der Waals surface area contributed by atoms with Crippen molar-refractivity contribution in [1.29, 1.82) is 0 Å². The number of amides is 1. The molecule has 0 saturated heterocycles. The fraction of sp³-hybridized carbons (Fsp3) is 0.278. The maximum atomic E-state index is 12.3. The van der Waals surface area contributed by atoms with E-state index in [-0.39, 0.29) is 18.6 Å². The number of rotatable bonds is 4. The maximum absolute atomic E-state index is 12.3. The molecule has 0 aliphatic carbocycles. The molecule has 0 radical (unpaired) electrons. The summed E-state index contributed by atoms with van der Waals surface area (Å²) in [6.45, 7) is 2.67. The lowest BCUT2D eigenvalue weighted by Gasteiger charge is -2.30. The molecule has 22 heavy (non-hydrogen) atoms. The number of carbonyl (C=O) groups excluding carboxylic acids is 1. The number of anilines is 1. The van der Waals surface area contributed by atoms with E-state index in [4.69, 9.17) is 10.5 Å². The largest absolute Gasteiger partial charge is 0.482 e. The maximum Gasteiger partial charge on any atom is 0.265 e. The summed E-state index contributed by atoms with van der Waals surface area (Å²) in [6, 6.07) is 15.8. The molecule has 2 aromatic rings. The average Bonchev–Trinajstić information content (AvgIpc) is 2.57. The van der Waals surface area contributed by atoms with Gasteiger partial charge in [-0.05, 0) is 29.7 Å². The predicted octanol–water partition coefficient (Wildman–Crippen LogP) is 3.02. The first-order valence-corrected chi connectivity index (χ1v) is 7.55. The van der Waals surface area contributed by atoms with Gasteiger partial charge in [-0.1, -0.05) is 43.3 Å². The van der Waals surface area contributed by atoms with Gasteiger partial charge in [0.25, 0.3) is 5.91 Å². The molecular formula is C18H20N2O2. The number of hydrogen-bond donors (Lipinski definition) is 1. The highest BCUT2D eigenvalue weighted by Gasteiger charge is 2.26. The lowest BCUT2D eigenvalue weighted by atomic mass is 10.0. The second kappa shape index (κ2) is 6.20. The van der Waals surface area contributed by atoms with Crippen LogP contribution in [-0.2, 0) is 11.3 Å². The standard InChI is InChI=1S/C18H20N2O2/c1-2-15(19)14-8-9-17-16(10-14)20(18(21)12-22-17)11-13-6-4-3-5-7-13/h3-10,15H,2,11-12,19H2,1H3. The summed E-state index contributed by atoms with van der Waals surface area (Å²) >= 11 is 0. The molecule has 0 saturated carbocycles. The number of carbonyl (C=O) groups is 1. The summed E-state index contributed by atoms with van der Waals surface area (Å²) in [4.78, 5) is 14.1. The van der Waals surface area contributed by atoms with Gasteiger partial charge in [-0.2, -0.15) is 0 Å². The third kappa shape index (κ3) is 2.83. The van der Waals surface area contributed by atoms with E-state index >= 15 is 0 Å². The highest BCUT2D eigenvalue weighted by molar-refractivity contribution is 5.97. The van der Waals surface area contributed by atoms with Crippen molar-refractivity contribution >= 4 is 11.6 Å². The molecule has 1 atom stereocenters. The Morgan fingerprint density at radius 1 is 1.23 bits per heavy atom. The number of nitrogens with two attached hydrogens (primary N) is 1. The molecule has 1 aliphatic rings. The molecule has 3 rings (SSSR count). The molecule has 0 bridgehead atoms. The summed E-state index contributed by atoms with van der Waals surface area (Å²) in [5.74, 6) is 0.709. The monoisotopic (exact) mass is 296 g/mol. The number of nitrogens with zero attached hydrogens (tertiary/aromatic N) is 1. The van der Waals surface area contributed by atoms with Gasteiger partial charge < -0.3 is 15.4 Å². The van der Waals surface area contributed by atoms with E-state index in [0.29, 0.717) is 6.54 Å². The molecule has 4 nitrogen and oxygen atoms in total. The van der Waals surface area contributed by atoms with Crippen LogP contribution >= 0.6 is 0 Å². The van der Waals surface area contributed by atoms with Crippen LogP contribution < -0.4 is 15.4 Å². The molecule has 1 amide bonds. The van der Waals surface area contributed by atoms with Gasteiger partial charge in [0.05, 0.1) is 12.2 Å². The zero-order valence-electron chi connectivity index (χ0n) is 12.7. The Bertz CT molecular complexity index is 670. The number of hydrogen-bond acceptors (Lipinski definition) is 3. The molecule has 4 heteroatoms. The van der Waals surface area contributed by atoms with Crippen LogP contribution in [0.5, 0.6) is 5.75 Å². The third-order valence-electron chi connectivity index (χ3n) is 3.98. The summed E-state index contributed by atoms with van der Waals surface area (Å²) in [5, 5.41) is 0. The molecule has 2 N–H and O–H groups in total. The number of fused-ring (bicyclic) bond motifs is 1. The van der Waals surface area contributed by atoms with Gasteiger partial charge in [0, 0.05) is 6.04 Å². The normalized spacial score (nSPS) is 15.2. The van der Waals surface area contributed by atoms with Crippen LogP contribution in [0.3, 0.4) is 0 Å². The van der Waals surface area contributed by atoms with E-state index in [9.17, 15) is 4.79 Å². The summed E-state index contributed by atoms with van der Waals surface area (Å²) in [6.07, 6.45) is 0.853. The topological polar surface area (TPSA) is 55.6 Å². The van der Waals surface area contributed by atoms with E-state index in [1.54, 1.807) is 4.90 Å². The van der Waals surface area contributed by atoms with Crippen molar-refractivity contribution in [2.45, 2.75) is 25.9 Å². The molecule has 1 heterocycles. The smallest absolute Gasteiger partial charge is 0.265 e. The van der Waals surface area contributed by atoms with E-state index in [2.05, 4.69) is 0 Å². The Morgan fingerprint density at radius 3 is 2.73 bits per heavy atom. The van der Waals surface area contributed by atoms with E-state index in [1.807, 2.05) is 55.5 Å². The first kappa shape index (κ1) is 14.6. The first-order valence-electron chi connectivity index (χ1n) is 7.55. The quantitative estimate of drug-likeness (QED) is 0.943. The van der Waals surface area contributed by atoms with Gasteiger partial charge >= 0.3 is 0 Å². The van der Waals surface area contributed by atoms with Crippen molar-refractivity contribution in [3.05, 3.63) is 59.7 Å². The van der Waals surface area contributed by atoms with Gasteiger partial charge in [-0.25, -0.2) is 0 Å². The van der Waals surface area contributed by atoms with Crippen LogP contribution in [0, 0.1) is 0 Å². The predicted molar refractivity (Wildman–Crippen MR) is 86.8 cm³/mol. The van der Waals surface area contributed by atoms with Gasteiger partial charge in [-0.15, -0.1) is 0 Å². The van der Waals surface area contributed by atoms with Crippen molar-refractivity contribution in [3.8, 4) is 5.75 Å². The Kier molecular flexibility index (Phi) is 4.11. The highest BCUT2D eigenvalue weighted by Crippen LogP contribution is 2.35. The minimum Gasteiger partial charge on any atom is -0.482 e. The Balaban J connectivity index is 1.96. The fourth-order valence-corrected chi connectivity index (χ4v) is 2.62. The van der Waals surface area contributed by atoms with Gasteiger partial charge in [-0.3, -0.25) is 4.79 Å². The number of benzene rings is 2. The third-order valence-corrected chi connectivity index (χ3v) is 3.98. The Hall–Kier alpha value is -2.33. The van der Waals surface area contributed by atoms with Crippen LogP contribution in [0.4, 0.5) is 5.69 Å². The molecule has 0 aromatic heterocycles. The Labute approximate surface area is 130 Å². The number of ether oxygens (including phenoxy) is 1. The Morgan fingerprint density at radius 2 is 2.00 bits per heavy atom. The van der Waals surface area contributed by atoms with Gasteiger partial charge in [0.15, 0.2) is 6.61 Å². The first-order chi connectivity index (χ1) is 10.7. The van der Waals surface area contributed by atoms with Crippen LogP contribution in [0.25, 0.3) is 0 Å². The van der Waals surface area contributed by atoms with Crippen LogP contribution in [0.2, 0.25) is 0 Å². The van der Waals surface area contributed by atoms with Crippen molar-refractivity contribution in [1.82, 2.24) is 0 Å². The highest BCUT2D eigenvalue weighted by atomic mass is 16.5. The van der Waals surface area contributed by atoms with Crippen LogP contribution in [0.15, 0.2) is 48.5 Å². The fourth-order valence-electron chi connectivity index (χ4n) is 2.62. The lowest BCUT2D eigenvalue weighted by Crippen LogP contribution is -2.38. The second-order valence-corrected chi connectivity index (χ2v) is 5.50. The molecule has 1 aliphatic heterocycles. The molecule has 2 aromatic carbocycles. The van der Waals surface area contributed by atoms with Crippen molar-refractivity contribution in [3.63, 3.8) is 0 Å². The molecule has 0 spiro atoms. The summed E-state index contributed by atoms with van der Waals surface area (Å²) in [5.41, 5.74) is 9.04. The average molecular weight is 296 g/mol. The zero-order chi connectivity index (χ0) is 15.5. The van der Waals surface area contributed by atoms with E-state index in [0.717, 1.165) is 29.0 Å². The van der Waals surface area contributed by atoms with Gasteiger partial charge in [0.2, 0.25) is 0 Å². The second-order valence-electron chi connectivity index (χ2n) is 5.50. The summed E-state index contributed by atoms with van der Waals surface area (Å²) in [7, 11) is 0. The van der Waals surface area contributed by atoms with Crippen molar-refractivity contribution in [2.75, 3.05) is 11.5 Å². The van der Waals surface area contributed by atoms with Crippen molar-refractivity contribution < 1.29 is 9.53 Å². The molecule has 114 valence electrons. The minimum atomic E-state index is -0.0291. The lowest BCUT2D eigenvalue weighted by molar-refractivity contribution is -0.121. The van der Waals surface area contributed by atoms with Crippen LogP contribution in [-0.4, -0.2) is 12.5 Å². The van der Waals surface area contributed by atoms with Gasteiger partial charge in [0.1, 0.15) is 5.75 Å². The van der Waals surface area contributed by atoms with E-state index in [1.165, 1.54) is 0 Å². The molecule has 0 fully saturated rings.